The number of aromatic nitrogens is 3. The highest BCUT2D eigenvalue weighted by Crippen LogP contribution is 2.29. The Labute approximate surface area is 239 Å². The summed E-state index contributed by atoms with van der Waals surface area (Å²) < 4.78 is 0. The highest BCUT2D eigenvalue weighted by Gasteiger charge is 2.26. The number of nitrogens with zero attached hydrogens (tertiary/aromatic N) is 7. The predicted molar refractivity (Wildman–Crippen MR) is 160 cm³/mol. The smallest absolute Gasteiger partial charge is 0.246 e. The van der Waals surface area contributed by atoms with Crippen LogP contribution in [0.25, 0.3) is 22.5 Å². The van der Waals surface area contributed by atoms with Crippen LogP contribution in [0.2, 0.25) is 5.02 Å². The number of carbonyl (C=O) groups excluding carboxylic acids is 1. The van der Waals surface area contributed by atoms with E-state index >= 15 is 0 Å². The van der Waals surface area contributed by atoms with Crippen LogP contribution in [0.3, 0.4) is 0 Å². The largest absolute Gasteiger partial charge is 0.369 e. The normalized spacial score (nSPS) is 16.3. The molecule has 2 aliphatic rings. The summed E-state index contributed by atoms with van der Waals surface area (Å²) in [5, 5.41) is 9.87. The molecule has 8 nitrogen and oxygen atoms in total. The second-order valence-electron chi connectivity index (χ2n) is 10.2. The summed E-state index contributed by atoms with van der Waals surface area (Å²) in [5.41, 5.74) is 4.70. The molecule has 0 atom stereocenters. The van der Waals surface area contributed by atoms with Crippen molar-refractivity contribution in [2.75, 3.05) is 68.7 Å². The van der Waals surface area contributed by atoms with Gasteiger partial charge in [-0.3, -0.25) is 9.69 Å². The maximum atomic E-state index is 13.1. The molecule has 1 aromatic heterocycles. The lowest BCUT2D eigenvalue weighted by molar-refractivity contribution is -0.132. The van der Waals surface area contributed by atoms with Crippen molar-refractivity contribution in [2.24, 2.45) is 0 Å². The van der Waals surface area contributed by atoms with Gasteiger partial charge in [-0.2, -0.15) is 0 Å². The zero-order chi connectivity index (χ0) is 27.3. The molecular weight excluding hydrogens is 522 g/mol. The molecule has 204 valence electrons. The van der Waals surface area contributed by atoms with E-state index in [1.54, 1.807) is 0 Å². The highest BCUT2D eigenvalue weighted by atomic mass is 35.5. The van der Waals surface area contributed by atoms with E-state index in [1.807, 2.05) is 83.8 Å². The maximum Gasteiger partial charge on any atom is 0.246 e. The van der Waals surface area contributed by atoms with E-state index in [4.69, 9.17) is 16.6 Å². The summed E-state index contributed by atoms with van der Waals surface area (Å²) in [5.74, 6) is 0.780. The molecule has 4 aromatic rings. The third-order valence-corrected chi connectivity index (χ3v) is 7.82. The monoisotopic (exact) mass is 553 g/mol. The van der Waals surface area contributed by atoms with Crippen LogP contribution < -0.4 is 9.80 Å². The van der Waals surface area contributed by atoms with Gasteiger partial charge in [-0.15, -0.1) is 10.2 Å². The molecule has 3 heterocycles. The van der Waals surface area contributed by atoms with Crippen molar-refractivity contribution in [3.8, 4) is 22.5 Å². The van der Waals surface area contributed by atoms with Gasteiger partial charge in [0, 0.05) is 74.2 Å². The number of piperazine rings is 2. The second-order valence-corrected chi connectivity index (χ2v) is 10.6. The topological polar surface area (TPSA) is 68.7 Å². The summed E-state index contributed by atoms with van der Waals surface area (Å²) in [7, 11) is 0. The van der Waals surface area contributed by atoms with Crippen molar-refractivity contribution in [1.82, 2.24) is 25.0 Å². The van der Waals surface area contributed by atoms with Crippen molar-refractivity contribution < 1.29 is 4.79 Å². The van der Waals surface area contributed by atoms with E-state index in [1.165, 1.54) is 0 Å². The first-order chi connectivity index (χ1) is 19.6. The molecule has 0 bridgehead atoms. The van der Waals surface area contributed by atoms with E-state index < -0.39 is 0 Å². The van der Waals surface area contributed by atoms with Crippen LogP contribution in [0.15, 0.2) is 84.9 Å². The molecule has 0 aliphatic carbocycles. The van der Waals surface area contributed by atoms with E-state index in [-0.39, 0.29) is 5.91 Å². The number of carbonyl (C=O) groups is 1. The van der Waals surface area contributed by atoms with Crippen molar-refractivity contribution in [3.05, 3.63) is 90.0 Å². The first-order valence-electron chi connectivity index (χ1n) is 13.8. The molecule has 3 aromatic carbocycles. The zero-order valence-corrected chi connectivity index (χ0v) is 23.1. The van der Waals surface area contributed by atoms with Crippen LogP contribution in [-0.4, -0.2) is 89.8 Å². The summed E-state index contributed by atoms with van der Waals surface area (Å²) in [6, 6.07) is 28.1. The minimum atomic E-state index is 0.180. The lowest BCUT2D eigenvalue weighted by atomic mass is 10.0. The van der Waals surface area contributed by atoms with Gasteiger partial charge in [0.15, 0.2) is 0 Å². The molecule has 1 amide bonds. The van der Waals surface area contributed by atoms with Gasteiger partial charge in [-0.25, -0.2) is 4.98 Å². The Kier molecular flexibility index (Phi) is 7.88. The van der Waals surface area contributed by atoms with Crippen LogP contribution >= 0.6 is 11.6 Å². The van der Waals surface area contributed by atoms with Gasteiger partial charge in [0.05, 0.1) is 6.54 Å². The van der Waals surface area contributed by atoms with Crippen LogP contribution in [0.1, 0.15) is 0 Å². The number of hydrogen-bond acceptors (Lipinski definition) is 7. The molecule has 0 saturated carbocycles. The van der Waals surface area contributed by atoms with Crippen molar-refractivity contribution in [3.63, 3.8) is 0 Å². The van der Waals surface area contributed by atoms with E-state index in [9.17, 15) is 4.79 Å². The Morgan fingerprint density at radius 1 is 0.675 bits per heavy atom. The van der Waals surface area contributed by atoms with Crippen molar-refractivity contribution >= 4 is 29.1 Å². The number of halogens is 1. The fourth-order valence-corrected chi connectivity index (χ4v) is 5.51. The molecule has 0 N–H and O–H groups in total. The molecule has 0 spiro atoms. The summed E-state index contributed by atoms with van der Waals surface area (Å²) in [6.07, 6.45) is 0. The fourth-order valence-electron chi connectivity index (χ4n) is 5.32. The molecule has 0 unspecified atom stereocenters. The van der Waals surface area contributed by atoms with Crippen LogP contribution in [0.5, 0.6) is 0 Å². The average Bonchev–Trinajstić information content (AvgIpc) is 3.02. The maximum absolute atomic E-state index is 13.1. The van der Waals surface area contributed by atoms with Gasteiger partial charge >= 0.3 is 0 Å². The third kappa shape index (κ3) is 5.93. The van der Waals surface area contributed by atoms with Crippen molar-refractivity contribution in [2.45, 2.75) is 0 Å². The Bertz CT molecular complexity index is 1440. The average molecular weight is 554 g/mol. The molecule has 2 aliphatic heterocycles. The van der Waals surface area contributed by atoms with Gasteiger partial charge in [0.2, 0.25) is 11.9 Å². The SMILES string of the molecule is O=C(CN1CCN(c2cccc(Cl)c2)CC1)N1CCN(c2nnc(-c3ccccc3)c(-c3ccccc3)n2)CC1. The Morgan fingerprint density at radius 3 is 1.95 bits per heavy atom. The number of rotatable bonds is 6. The first-order valence-corrected chi connectivity index (χ1v) is 14.1. The Balaban J connectivity index is 1.07. The number of amides is 1. The van der Waals surface area contributed by atoms with Gasteiger partial charge < -0.3 is 14.7 Å². The van der Waals surface area contributed by atoms with Crippen molar-refractivity contribution in [1.29, 1.82) is 0 Å². The Morgan fingerprint density at radius 2 is 1.30 bits per heavy atom. The molecule has 40 heavy (non-hydrogen) atoms. The Hall–Kier alpha value is -4.01. The van der Waals surface area contributed by atoms with Crippen LogP contribution in [0, 0.1) is 0 Å². The lowest BCUT2D eigenvalue weighted by Crippen LogP contribution is -2.54. The quantitative estimate of drug-likeness (QED) is 0.352. The molecular formula is C31H32ClN7O. The number of benzene rings is 3. The standard InChI is InChI=1S/C31H32ClN7O/c32-26-12-7-13-27(22-26)37-16-14-36(15-17-37)23-28(40)38-18-20-39(21-19-38)31-33-29(24-8-3-1-4-9-24)30(34-35-31)25-10-5-2-6-11-25/h1-13,22H,14-21,23H2. The first kappa shape index (κ1) is 26.2. The molecule has 9 heteroatoms. The summed E-state index contributed by atoms with van der Waals surface area (Å²) in [6.45, 7) is 6.57. The minimum Gasteiger partial charge on any atom is -0.369 e. The molecule has 6 rings (SSSR count). The number of anilines is 2. The molecule has 2 saturated heterocycles. The highest BCUT2D eigenvalue weighted by molar-refractivity contribution is 6.30. The van der Waals surface area contributed by atoms with E-state index in [0.717, 1.165) is 59.4 Å². The van der Waals surface area contributed by atoms with Gasteiger partial charge in [-0.05, 0) is 18.2 Å². The number of hydrogen-bond donors (Lipinski definition) is 0. The minimum absolute atomic E-state index is 0.180. The summed E-state index contributed by atoms with van der Waals surface area (Å²) in [4.78, 5) is 26.8. The van der Waals surface area contributed by atoms with Crippen LogP contribution in [-0.2, 0) is 4.79 Å². The van der Waals surface area contributed by atoms with Gasteiger partial charge in [-0.1, -0.05) is 78.3 Å². The fraction of sp³-hybridized carbons (Fsp3) is 0.290. The third-order valence-electron chi connectivity index (χ3n) is 7.59. The predicted octanol–water partition coefficient (Wildman–Crippen LogP) is 4.33. The lowest BCUT2D eigenvalue weighted by Gasteiger charge is -2.38. The molecule has 0 radical (unpaired) electrons. The van der Waals surface area contributed by atoms with E-state index in [0.29, 0.717) is 38.7 Å². The van der Waals surface area contributed by atoms with Gasteiger partial charge in [0.1, 0.15) is 11.4 Å². The molecule has 2 fully saturated rings. The second kappa shape index (κ2) is 12.0. The van der Waals surface area contributed by atoms with E-state index in [2.05, 4.69) is 31.0 Å². The van der Waals surface area contributed by atoms with Crippen LogP contribution in [0.4, 0.5) is 11.6 Å². The zero-order valence-electron chi connectivity index (χ0n) is 22.4. The summed E-state index contributed by atoms with van der Waals surface area (Å²) >= 11 is 6.16. The van der Waals surface area contributed by atoms with Gasteiger partial charge in [0.25, 0.3) is 0 Å².